The van der Waals surface area contributed by atoms with E-state index < -0.39 is 23.7 Å². The van der Waals surface area contributed by atoms with Gasteiger partial charge in [-0.1, -0.05) is 12.1 Å². The van der Waals surface area contributed by atoms with Crippen LogP contribution in [-0.4, -0.2) is 56.1 Å². The zero-order chi connectivity index (χ0) is 22.7. The van der Waals surface area contributed by atoms with Gasteiger partial charge in [-0.2, -0.15) is 5.26 Å². The molecule has 3 fully saturated rings. The Labute approximate surface area is 190 Å². The molecule has 4 aliphatic rings. The average Bonchev–Trinajstić information content (AvgIpc) is 3.24. The van der Waals surface area contributed by atoms with Crippen molar-refractivity contribution in [1.82, 2.24) is 15.6 Å². The molecular formula is C24H23N5O4. The highest BCUT2D eigenvalue weighted by molar-refractivity contribution is 5.94. The molecular weight excluding hydrogens is 422 g/mol. The number of cyclic esters (lactones) is 1. The molecule has 2 saturated heterocycles. The third-order valence-corrected chi connectivity index (χ3v) is 7.59. The maximum absolute atomic E-state index is 12.5. The number of anilines is 1. The van der Waals surface area contributed by atoms with Gasteiger partial charge in [0.25, 0.3) is 0 Å². The quantitative estimate of drug-likeness (QED) is 0.739. The minimum atomic E-state index is -0.553. The predicted molar refractivity (Wildman–Crippen MR) is 117 cm³/mol. The second-order valence-corrected chi connectivity index (χ2v) is 9.06. The molecule has 9 heteroatoms. The van der Waals surface area contributed by atoms with Crippen LogP contribution >= 0.6 is 0 Å². The van der Waals surface area contributed by atoms with Crippen LogP contribution in [0.5, 0.6) is 0 Å². The summed E-state index contributed by atoms with van der Waals surface area (Å²) >= 11 is 0. The van der Waals surface area contributed by atoms with Crippen molar-refractivity contribution in [2.75, 3.05) is 31.6 Å². The minimum absolute atomic E-state index is 0.168. The number of nitrogens with one attached hydrogen (secondary N) is 2. The minimum Gasteiger partial charge on any atom is -0.453 e. The molecule has 33 heavy (non-hydrogen) atoms. The lowest BCUT2D eigenvalue weighted by atomic mass is 9.95. The second-order valence-electron chi connectivity index (χ2n) is 9.06. The molecule has 1 aromatic carbocycles. The van der Waals surface area contributed by atoms with E-state index >= 15 is 0 Å². The molecule has 2 aromatic rings. The molecule has 4 heterocycles. The highest BCUT2D eigenvalue weighted by Gasteiger charge is 2.69. The van der Waals surface area contributed by atoms with E-state index in [1.54, 1.807) is 4.90 Å². The Kier molecular flexibility index (Phi) is 4.35. The van der Waals surface area contributed by atoms with Crippen molar-refractivity contribution in [3.05, 3.63) is 47.8 Å². The zero-order valence-electron chi connectivity index (χ0n) is 18.1. The summed E-state index contributed by atoms with van der Waals surface area (Å²) in [6, 6.07) is 12.4. The van der Waals surface area contributed by atoms with Crippen molar-refractivity contribution >= 4 is 17.9 Å². The fourth-order valence-electron chi connectivity index (χ4n) is 5.84. The summed E-state index contributed by atoms with van der Waals surface area (Å²) in [5, 5.41) is 15.8. The molecule has 0 bridgehead atoms. The number of hydrogen-bond acceptors (Lipinski definition) is 7. The summed E-state index contributed by atoms with van der Waals surface area (Å²) in [5.74, 6) is 0.714. The summed E-state index contributed by atoms with van der Waals surface area (Å²) in [6.45, 7) is 1.95. The summed E-state index contributed by atoms with van der Waals surface area (Å²) in [5.41, 5.74) is 4.28. The first-order chi connectivity index (χ1) is 16.1. The largest absolute Gasteiger partial charge is 0.453 e. The molecule has 6 rings (SSSR count). The lowest BCUT2D eigenvalue weighted by Gasteiger charge is -2.16. The van der Waals surface area contributed by atoms with Gasteiger partial charge in [-0.05, 0) is 35.7 Å². The maximum Gasteiger partial charge on any atom is 0.415 e. The van der Waals surface area contributed by atoms with Crippen LogP contribution in [0.1, 0.15) is 11.3 Å². The maximum atomic E-state index is 12.5. The molecule has 1 saturated carbocycles. The third kappa shape index (κ3) is 2.84. The number of carbonyl (C=O) groups excluding carboxylic acids is 2. The van der Waals surface area contributed by atoms with Crippen molar-refractivity contribution in [3.63, 3.8) is 0 Å². The van der Waals surface area contributed by atoms with Crippen LogP contribution in [0, 0.1) is 23.2 Å². The zero-order valence-corrected chi connectivity index (χ0v) is 18.1. The summed E-state index contributed by atoms with van der Waals surface area (Å²) in [6.07, 6.45) is 1.08. The Morgan fingerprint density at radius 1 is 1.33 bits per heavy atom. The van der Waals surface area contributed by atoms with Crippen LogP contribution in [0.4, 0.5) is 15.3 Å². The Hall–Kier alpha value is -3.64. The molecule has 1 unspecified atom stereocenters. The lowest BCUT2D eigenvalue weighted by molar-refractivity contribution is 0.123. The molecule has 3 aliphatic heterocycles. The van der Waals surface area contributed by atoms with E-state index in [-0.39, 0.29) is 12.6 Å². The molecule has 5 atom stereocenters. The first kappa shape index (κ1) is 20.0. The van der Waals surface area contributed by atoms with E-state index in [0.717, 1.165) is 41.2 Å². The number of benzene rings is 1. The van der Waals surface area contributed by atoms with Crippen LogP contribution < -0.4 is 15.5 Å². The number of alkyl carbamates (subject to hydrolysis) is 1. The number of ether oxygens (including phenoxy) is 2. The number of rotatable bonds is 4. The molecule has 0 radical (unpaired) electrons. The number of nitrogens with zero attached hydrogens (tertiary/aromatic N) is 3. The number of pyridine rings is 1. The van der Waals surface area contributed by atoms with Crippen molar-refractivity contribution in [3.8, 4) is 17.2 Å². The topological polar surface area (TPSA) is 117 Å². The van der Waals surface area contributed by atoms with Gasteiger partial charge >= 0.3 is 12.2 Å². The number of fused-ring (bicyclic) bond motifs is 4. The van der Waals surface area contributed by atoms with Gasteiger partial charge in [0.2, 0.25) is 0 Å². The fourth-order valence-corrected chi connectivity index (χ4v) is 5.84. The Morgan fingerprint density at radius 2 is 2.12 bits per heavy atom. The number of amides is 2. The first-order valence-electron chi connectivity index (χ1n) is 11.1. The molecule has 1 aliphatic carbocycles. The van der Waals surface area contributed by atoms with Crippen molar-refractivity contribution in [2.45, 2.75) is 24.0 Å². The smallest absolute Gasteiger partial charge is 0.415 e. The molecule has 2 N–H and O–H groups in total. The van der Waals surface area contributed by atoms with Gasteiger partial charge in [-0.25, -0.2) is 9.59 Å². The summed E-state index contributed by atoms with van der Waals surface area (Å²) < 4.78 is 10.1. The molecule has 168 valence electrons. The second kappa shape index (κ2) is 7.18. The Morgan fingerprint density at radius 3 is 2.82 bits per heavy atom. The normalized spacial score (nSPS) is 30.7. The van der Waals surface area contributed by atoms with Gasteiger partial charge in [0, 0.05) is 36.7 Å². The van der Waals surface area contributed by atoms with Crippen molar-refractivity contribution < 1.29 is 19.1 Å². The van der Waals surface area contributed by atoms with Crippen LogP contribution in [0.25, 0.3) is 11.1 Å². The SMILES string of the molecule is COC(=O)NC[C@@H]1OC(=O)N2c3ccc(-c4ccc(C5(C#N)[C@@H]6CNC[C@@H]65)nc4)cc3C[C@@H]12. The molecule has 0 spiro atoms. The van der Waals surface area contributed by atoms with E-state index in [9.17, 15) is 14.9 Å². The van der Waals surface area contributed by atoms with Gasteiger partial charge in [0.05, 0.1) is 37.1 Å². The number of carbonyl (C=O) groups is 2. The molecule has 2 amide bonds. The number of nitriles is 1. The molecule has 9 nitrogen and oxygen atoms in total. The van der Waals surface area contributed by atoms with Gasteiger partial charge in [-0.15, -0.1) is 0 Å². The van der Waals surface area contributed by atoms with Crippen LogP contribution in [0.3, 0.4) is 0 Å². The predicted octanol–water partition coefficient (Wildman–Crippen LogP) is 1.97. The first-order valence-corrected chi connectivity index (χ1v) is 11.1. The highest BCUT2D eigenvalue weighted by atomic mass is 16.6. The number of methoxy groups -OCH3 is 1. The van der Waals surface area contributed by atoms with Gasteiger partial charge in [0.15, 0.2) is 0 Å². The van der Waals surface area contributed by atoms with Gasteiger partial charge in [0.1, 0.15) is 11.5 Å². The van der Waals surface area contributed by atoms with E-state index in [4.69, 9.17) is 4.74 Å². The van der Waals surface area contributed by atoms with E-state index in [1.165, 1.54) is 7.11 Å². The van der Waals surface area contributed by atoms with Crippen LogP contribution in [0.2, 0.25) is 0 Å². The Bertz CT molecular complexity index is 1180. The average molecular weight is 445 g/mol. The fraction of sp³-hybridized carbons (Fsp3) is 0.417. The van der Waals surface area contributed by atoms with Crippen molar-refractivity contribution in [1.29, 1.82) is 5.26 Å². The van der Waals surface area contributed by atoms with Gasteiger partial charge in [-0.3, -0.25) is 9.88 Å². The van der Waals surface area contributed by atoms with E-state index in [0.29, 0.717) is 18.3 Å². The standard InChI is InChI=1S/C24H23N5O4/c1-32-22(30)28-11-20-19-7-15-6-13(2-4-18(15)29(19)23(31)33-20)14-3-5-21(27-8-14)24(12-25)16-9-26-10-17(16)24/h2-6,8,16-17,19-20,26H,7,9-11H2,1H3,(H,28,30)/t16-,17+,19-,20-,24?/m0/s1. The number of piperidine rings is 1. The van der Waals surface area contributed by atoms with Gasteiger partial charge < -0.3 is 20.1 Å². The number of aromatic nitrogens is 1. The number of hydrogen-bond donors (Lipinski definition) is 2. The summed E-state index contributed by atoms with van der Waals surface area (Å²) in [7, 11) is 1.30. The lowest BCUT2D eigenvalue weighted by Crippen LogP contribution is -2.40. The Balaban J connectivity index is 1.22. The summed E-state index contributed by atoms with van der Waals surface area (Å²) in [4.78, 5) is 30.2. The van der Waals surface area contributed by atoms with Crippen molar-refractivity contribution in [2.24, 2.45) is 11.8 Å². The third-order valence-electron chi connectivity index (χ3n) is 7.59. The van der Waals surface area contributed by atoms with Crippen LogP contribution in [0.15, 0.2) is 36.5 Å². The van der Waals surface area contributed by atoms with E-state index in [2.05, 4.69) is 32.5 Å². The monoisotopic (exact) mass is 445 g/mol. The van der Waals surface area contributed by atoms with Crippen LogP contribution in [-0.2, 0) is 21.3 Å². The van der Waals surface area contributed by atoms with E-state index in [1.807, 2.05) is 30.5 Å². The molecule has 1 aromatic heterocycles. The highest BCUT2D eigenvalue weighted by Crippen LogP contribution is 2.60.